The van der Waals surface area contributed by atoms with E-state index in [-0.39, 0.29) is 4.75 Å². The molecule has 0 saturated heterocycles. The Balaban J connectivity index is 2.69. The highest BCUT2D eigenvalue weighted by Crippen LogP contribution is 2.34. The van der Waals surface area contributed by atoms with Crippen LogP contribution < -0.4 is 4.74 Å². The maximum atomic E-state index is 12.5. The van der Waals surface area contributed by atoms with E-state index in [4.69, 9.17) is 4.74 Å². The Morgan fingerprint density at radius 3 is 2.33 bits per heavy atom. The van der Waals surface area contributed by atoms with E-state index in [0.717, 1.165) is 21.4 Å². The van der Waals surface area contributed by atoms with E-state index in [1.54, 1.807) is 7.11 Å². The van der Waals surface area contributed by atoms with E-state index in [1.807, 2.05) is 57.2 Å². The Morgan fingerprint density at radius 2 is 1.72 bits per heavy atom. The molecule has 0 saturated carbocycles. The van der Waals surface area contributed by atoms with Crippen LogP contribution in [0.3, 0.4) is 0 Å². The maximum absolute atomic E-state index is 12.5. The summed E-state index contributed by atoms with van der Waals surface area (Å²) in [6.45, 7) is 5.91. The topological polar surface area (TPSA) is 26.3 Å². The first kappa shape index (κ1) is 13.1. The molecule has 0 amide bonds. The number of hydrogen-bond acceptors (Lipinski definition) is 2. The lowest BCUT2D eigenvalue weighted by molar-refractivity contribution is 0.409. The monoisotopic (exact) mass is 262 g/mol. The summed E-state index contributed by atoms with van der Waals surface area (Å²) >= 11 is 0. The third-order valence-electron chi connectivity index (χ3n) is 2.80. The van der Waals surface area contributed by atoms with Gasteiger partial charge in [-0.1, -0.05) is 30.3 Å². The smallest absolute Gasteiger partial charge is 0.142 e. The van der Waals surface area contributed by atoms with Crippen molar-refractivity contribution in [3.05, 3.63) is 36.4 Å². The van der Waals surface area contributed by atoms with Crippen molar-refractivity contribution in [2.75, 3.05) is 7.11 Å². The van der Waals surface area contributed by atoms with Crippen LogP contribution >= 0.6 is 0 Å². The molecular formula is C15H18O2S. The second kappa shape index (κ2) is 4.73. The number of fused-ring (bicyclic) bond motifs is 1. The van der Waals surface area contributed by atoms with E-state index in [2.05, 4.69) is 0 Å². The molecule has 0 aliphatic heterocycles. The van der Waals surface area contributed by atoms with Gasteiger partial charge in [-0.15, -0.1) is 0 Å². The van der Waals surface area contributed by atoms with E-state index in [1.165, 1.54) is 0 Å². The summed E-state index contributed by atoms with van der Waals surface area (Å²) in [5.41, 5.74) is 0. The second-order valence-electron chi connectivity index (χ2n) is 5.20. The third kappa shape index (κ3) is 2.27. The predicted octanol–water partition coefficient (Wildman–Crippen LogP) is 3.75. The Hall–Kier alpha value is -1.35. The van der Waals surface area contributed by atoms with Crippen LogP contribution in [0.15, 0.2) is 41.3 Å². The number of methoxy groups -OCH3 is 1. The first-order valence-electron chi connectivity index (χ1n) is 5.93. The van der Waals surface area contributed by atoms with Gasteiger partial charge in [-0.25, -0.2) is 0 Å². The average Bonchev–Trinajstić information content (AvgIpc) is 2.35. The Labute approximate surface area is 110 Å². The molecular weight excluding hydrogens is 244 g/mol. The molecule has 1 unspecified atom stereocenters. The minimum atomic E-state index is -1.09. The number of benzene rings is 2. The van der Waals surface area contributed by atoms with E-state index < -0.39 is 10.8 Å². The molecule has 0 radical (unpaired) electrons. The summed E-state index contributed by atoms with van der Waals surface area (Å²) in [6.07, 6.45) is 0. The highest BCUT2D eigenvalue weighted by atomic mass is 32.2. The van der Waals surface area contributed by atoms with Gasteiger partial charge in [0.1, 0.15) is 5.75 Å². The van der Waals surface area contributed by atoms with Gasteiger partial charge in [-0.2, -0.15) is 0 Å². The number of rotatable bonds is 2. The van der Waals surface area contributed by atoms with E-state index >= 15 is 0 Å². The van der Waals surface area contributed by atoms with Crippen LogP contribution in [0.1, 0.15) is 20.8 Å². The van der Waals surface area contributed by atoms with Crippen molar-refractivity contribution in [3.63, 3.8) is 0 Å². The van der Waals surface area contributed by atoms with Crippen LogP contribution in [0, 0.1) is 0 Å². The molecule has 18 heavy (non-hydrogen) atoms. The molecule has 2 aromatic carbocycles. The molecule has 0 aromatic heterocycles. The minimum absolute atomic E-state index is 0.296. The maximum Gasteiger partial charge on any atom is 0.142 e. The van der Waals surface area contributed by atoms with Gasteiger partial charge in [-0.05, 0) is 32.2 Å². The van der Waals surface area contributed by atoms with Gasteiger partial charge in [-0.3, -0.25) is 4.21 Å². The SMILES string of the molecule is COc1c(S(=O)C(C)(C)C)ccc2ccccc12. The molecule has 0 heterocycles. The van der Waals surface area contributed by atoms with Crippen molar-refractivity contribution < 1.29 is 8.95 Å². The van der Waals surface area contributed by atoms with Gasteiger partial charge in [0.2, 0.25) is 0 Å². The van der Waals surface area contributed by atoms with Crippen LogP contribution in [-0.4, -0.2) is 16.1 Å². The lowest BCUT2D eigenvalue weighted by Gasteiger charge is -2.20. The number of hydrogen-bond donors (Lipinski definition) is 0. The molecule has 2 rings (SSSR count). The molecule has 96 valence electrons. The summed E-state index contributed by atoms with van der Waals surface area (Å²) in [5, 5.41) is 2.11. The van der Waals surface area contributed by atoms with Gasteiger partial charge < -0.3 is 4.74 Å². The third-order valence-corrected chi connectivity index (χ3v) is 4.64. The van der Waals surface area contributed by atoms with Crippen LogP contribution in [-0.2, 0) is 10.8 Å². The zero-order chi connectivity index (χ0) is 13.3. The van der Waals surface area contributed by atoms with Crippen molar-refractivity contribution in [1.29, 1.82) is 0 Å². The average molecular weight is 262 g/mol. The first-order chi connectivity index (χ1) is 8.45. The zero-order valence-corrected chi connectivity index (χ0v) is 12.0. The van der Waals surface area contributed by atoms with Crippen LogP contribution in [0.4, 0.5) is 0 Å². The van der Waals surface area contributed by atoms with E-state index in [9.17, 15) is 4.21 Å². The Morgan fingerprint density at radius 1 is 1.06 bits per heavy atom. The lowest BCUT2D eigenvalue weighted by atomic mass is 10.1. The predicted molar refractivity (Wildman–Crippen MR) is 76.7 cm³/mol. The fourth-order valence-electron chi connectivity index (χ4n) is 1.91. The highest BCUT2D eigenvalue weighted by molar-refractivity contribution is 7.86. The van der Waals surface area contributed by atoms with Crippen LogP contribution in [0.2, 0.25) is 0 Å². The fraction of sp³-hybridized carbons (Fsp3) is 0.333. The van der Waals surface area contributed by atoms with Gasteiger partial charge in [0.05, 0.1) is 22.8 Å². The van der Waals surface area contributed by atoms with Crippen LogP contribution in [0.5, 0.6) is 5.75 Å². The minimum Gasteiger partial charge on any atom is -0.495 e. The zero-order valence-electron chi connectivity index (χ0n) is 11.2. The summed E-state index contributed by atoms with van der Waals surface area (Å²) in [4.78, 5) is 0.767. The molecule has 0 fully saturated rings. The van der Waals surface area contributed by atoms with Gasteiger partial charge in [0, 0.05) is 10.1 Å². The van der Waals surface area contributed by atoms with Crippen molar-refractivity contribution in [1.82, 2.24) is 0 Å². The Kier molecular flexibility index (Phi) is 3.44. The van der Waals surface area contributed by atoms with Crippen molar-refractivity contribution in [2.24, 2.45) is 0 Å². The standard InChI is InChI=1S/C15H18O2S/c1-15(2,3)18(16)13-10-9-11-7-5-6-8-12(11)14(13)17-4/h5-10H,1-4H3. The summed E-state index contributed by atoms with van der Waals surface area (Å²) in [6, 6.07) is 11.9. The summed E-state index contributed by atoms with van der Waals surface area (Å²) in [5.74, 6) is 0.723. The molecule has 0 bridgehead atoms. The molecule has 2 nitrogen and oxygen atoms in total. The fourth-order valence-corrected chi connectivity index (χ4v) is 3.12. The normalized spacial score (nSPS) is 13.6. The lowest BCUT2D eigenvalue weighted by Crippen LogP contribution is -2.22. The molecule has 3 heteroatoms. The highest BCUT2D eigenvalue weighted by Gasteiger charge is 2.24. The molecule has 0 spiro atoms. The molecule has 1 atom stereocenters. The molecule has 2 aromatic rings. The molecule has 0 N–H and O–H groups in total. The van der Waals surface area contributed by atoms with Crippen LogP contribution in [0.25, 0.3) is 10.8 Å². The van der Waals surface area contributed by atoms with Gasteiger partial charge in [0.15, 0.2) is 0 Å². The summed E-state index contributed by atoms with van der Waals surface area (Å²) in [7, 11) is 0.537. The number of ether oxygens (including phenoxy) is 1. The quantitative estimate of drug-likeness (QED) is 0.824. The Bertz CT molecular complexity index is 597. The second-order valence-corrected chi connectivity index (χ2v) is 7.40. The van der Waals surface area contributed by atoms with Crippen molar-refractivity contribution in [2.45, 2.75) is 30.4 Å². The van der Waals surface area contributed by atoms with Crippen molar-refractivity contribution in [3.8, 4) is 5.75 Å². The van der Waals surface area contributed by atoms with Crippen molar-refractivity contribution >= 4 is 21.6 Å². The largest absolute Gasteiger partial charge is 0.495 e. The van der Waals surface area contributed by atoms with E-state index in [0.29, 0.717) is 0 Å². The molecule has 0 aliphatic carbocycles. The molecule has 0 aliphatic rings. The van der Waals surface area contributed by atoms with Gasteiger partial charge in [0.25, 0.3) is 0 Å². The first-order valence-corrected chi connectivity index (χ1v) is 7.08. The van der Waals surface area contributed by atoms with Gasteiger partial charge >= 0.3 is 0 Å². The summed E-state index contributed by atoms with van der Waals surface area (Å²) < 4.78 is 17.7.